The van der Waals surface area contributed by atoms with Crippen LogP contribution in [0.15, 0.2) is 88.8 Å². The van der Waals surface area contributed by atoms with Gasteiger partial charge in [-0.05, 0) is 60.2 Å². The van der Waals surface area contributed by atoms with E-state index in [1.165, 1.54) is 17.3 Å². The minimum atomic E-state index is -0.0420. The van der Waals surface area contributed by atoms with Crippen LogP contribution >= 0.6 is 23.4 Å². The van der Waals surface area contributed by atoms with Crippen LogP contribution in [0, 0.1) is 6.92 Å². The van der Waals surface area contributed by atoms with E-state index >= 15 is 0 Å². The number of amides is 1. The molecule has 3 aromatic rings. The number of aliphatic imine (C=N–C) groups is 1. The van der Waals surface area contributed by atoms with E-state index < -0.39 is 0 Å². The number of hydrogen-bond acceptors (Lipinski definition) is 3. The molecule has 0 bridgehead atoms. The molecule has 0 spiro atoms. The molecule has 0 unspecified atom stereocenters. The fourth-order valence-corrected chi connectivity index (χ4v) is 4.06. The normalized spacial score (nSPS) is 16.8. The molecule has 1 saturated heterocycles. The molecule has 1 aliphatic rings. The number of halogens is 1. The van der Waals surface area contributed by atoms with E-state index in [1.807, 2.05) is 91.9 Å². The molecular formula is C24H19ClN2OS. The number of amidine groups is 1. The zero-order chi connectivity index (χ0) is 20.2. The van der Waals surface area contributed by atoms with Crippen molar-refractivity contribution < 1.29 is 4.79 Å². The van der Waals surface area contributed by atoms with Crippen molar-refractivity contribution in [2.45, 2.75) is 13.5 Å². The van der Waals surface area contributed by atoms with E-state index in [0.29, 0.717) is 21.6 Å². The zero-order valence-corrected chi connectivity index (χ0v) is 17.5. The first-order valence-electron chi connectivity index (χ1n) is 9.25. The van der Waals surface area contributed by atoms with E-state index in [2.05, 4.69) is 0 Å². The lowest BCUT2D eigenvalue weighted by Gasteiger charge is -2.15. The number of rotatable bonds is 4. The van der Waals surface area contributed by atoms with Crippen LogP contribution in [-0.2, 0) is 11.3 Å². The molecule has 0 aromatic heterocycles. The maximum atomic E-state index is 13.2. The van der Waals surface area contributed by atoms with E-state index in [9.17, 15) is 4.79 Å². The second-order valence-corrected chi connectivity index (χ2v) is 8.21. The highest BCUT2D eigenvalue weighted by atomic mass is 35.5. The smallest absolute Gasteiger partial charge is 0.267 e. The third-order valence-electron chi connectivity index (χ3n) is 4.50. The zero-order valence-electron chi connectivity index (χ0n) is 15.9. The van der Waals surface area contributed by atoms with Gasteiger partial charge in [0.1, 0.15) is 0 Å². The Morgan fingerprint density at radius 1 is 0.966 bits per heavy atom. The van der Waals surface area contributed by atoms with Gasteiger partial charge < -0.3 is 0 Å². The van der Waals surface area contributed by atoms with Gasteiger partial charge in [0.15, 0.2) is 5.17 Å². The summed E-state index contributed by atoms with van der Waals surface area (Å²) in [5.74, 6) is -0.0420. The summed E-state index contributed by atoms with van der Waals surface area (Å²) in [6.45, 7) is 2.52. The van der Waals surface area contributed by atoms with Crippen LogP contribution in [-0.4, -0.2) is 16.0 Å². The monoisotopic (exact) mass is 418 g/mol. The lowest BCUT2D eigenvalue weighted by Crippen LogP contribution is -2.28. The first kappa shape index (κ1) is 19.5. The van der Waals surface area contributed by atoms with Crippen LogP contribution in [0.5, 0.6) is 0 Å². The van der Waals surface area contributed by atoms with Gasteiger partial charge in [0.05, 0.1) is 17.1 Å². The molecule has 0 radical (unpaired) electrons. The SMILES string of the molecule is Cc1ccc(N=C2S/C(=C/c3ccc(Cl)cc3)C(=O)N2Cc2ccccc2)cc1. The molecule has 0 aliphatic carbocycles. The predicted octanol–water partition coefficient (Wildman–Crippen LogP) is 6.45. The number of carbonyl (C=O) groups is 1. The van der Waals surface area contributed by atoms with Crippen molar-refractivity contribution >= 4 is 46.2 Å². The van der Waals surface area contributed by atoms with E-state index in [0.717, 1.165) is 16.8 Å². The molecular weight excluding hydrogens is 400 g/mol. The minimum Gasteiger partial charge on any atom is -0.282 e. The van der Waals surface area contributed by atoms with Crippen molar-refractivity contribution in [1.29, 1.82) is 0 Å². The molecule has 5 heteroatoms. The maximum Gasteiger partial charge on any atom is 0.267 e. The molecule has 0 N–H and O–H groups in total. The van der Waals surface area contributed by atoms with Gasteiger partial charge in [-0.2, -0.15) is 0 Å². The van der Waals surface area contributed by atoms with Crippen molar-refractivity contribution in [3.05, 3.63) is 105 Å². The molecule has 3 aromatic carbocycles. The average molecular weight is 419 g/mol. The number of hydrogen-bond donors (Lipinski definition) is 0. The first-order chi connectivity index (χ1) is 14.1. The fourth-order valence-electron chi connectivity index (χ4n) is 2.94. The molecule has 3 nitrogen and oxygen atoms in total. The third kappa shape index (κ3) is 4.78. The van der Waals surface area contributed by atoms with Crippen LogP contribution in [0.2, 0.25) is 5.02 Å². The first-order valence-corrected chi connectivity index (χ1v) is 10.4. The van der Waals surface area contributed by atoms with Gasteiger partial charge in [0, 0.05) is 5.02 Å². The molecule has 0 saturated carbocycles. The maximum absolute atomic E-state index is 13.2. The van der Waals surface area contributed by atoms with Gasteiger partial charge in [-0.3, -0.25) is 9.69 Å². The Labute approximate surface area is 179 Å². The second-order valence-electron chi connectivity index (χ2n) is 6.77. The van der Waals surface area contributed by atoms with Crippen LogP contribution in [0.4, 0.5) is 5.69 Å². The van der Waals surface area contributed by atoms with Crippen LogP contribution < -0.4 is 0 Å². The van der Waals surface area contributed by atoms with Crippen LogP contribution in [0.3, 0.4) is 0 Å². The summed E-state index contributed by atoms with van der Waals surface area (Å²) in [4.78, 5) is 20.3. The summed E-state index contributed by atoms with van der Waals surface area (Å²) in [6.07, 6.45) is 1.89. The highest BCUT2D eigenvalue weighted by Gasteiger charge is 2.33. The van der Waals surface area contributed by atoms with Gasteiger partial charge in [-0.1, -0.05) is 71.8 Å². The summed E-state index contributed by atoms with van der Waals surface area (Å²) in [5.41, 5.74) is 4.00. The largest absolute Gasteiger partial charge is 0.282 e. The Kier molecular flexibility index (Phi) is 5.84. The summed E-state index contributed by atoms with van der Waals surface area (Å²) in [7, 11) is 0. The molecule has 1 aliphatic heterocycles. The van der Waals surface area contributed by atoms with Crippen LogP contribution in [0.1, 0.15) is 16.7 Å². The van der Waals surface area contributed by atoms with E-state index in [1.54, 1.807) is 4.90 Å². The predicted molar refractivity (Wildman–Crippen MR) is 122 cm³/mol. The molecule has 1 heterocycles. The second kappa shape index (κ2) is 8.68. The minimum absolute atomic E-state index is 0.0420. The summed E-state index contributed by atoms with van der Waals surface area (Å²) in [5, 5.41) is 1.35. The van der Waals surface area contributed by atoms with Crippen molar-refractivity contribution in [2.24, 2.45) is 4.99 Å². The molecule has 0 atom stereocenters. The van der Waals surface area contributed by atoms with Gasteiger partial charge in [0.2, 0.25) is 0 Å². The Hall–Kier alpha value is -2.82. The Morgan fingerprint density at radius 2 is 1.66 bits per heavy atom. The highest BCUT2D eigenvalue weighted by Crippen LogP contribution is 2.35. The number of nitrogens with zero attached hydrogens (tertiary/aromatic N) is 2. The van der Waals surface area contributed by atoms with E-state index in [-0.39, 0.29) is 5.91 Å². The Bertz CT molecular complexity index is 1070. The summed E-state index contributed by atoms with van der Waals surface area (Å²) in [6, 6.07) is 25.4. The quantitative estimate of drug-likeness (QED) is 0.456. The molecule has 4 rings (SSSR count). The lowest BCUT2D eigenvalue weighted by molar-refractivity contribution is -0.122. The van der Waals surface area contributed by atoms with Crippen molar-refractivity contribution in [1.82, 2.24) is 4.90 Å². The van der Waals surface area contributed by atoms with Gasteiger partial charge in [-0.25, -0.2) is 4.99 Å². The highest BCUT2D eigenvalue weighted by molar-refractivity contribution is 8.18. The van der Waals surface area contributed by atoms with Gasteiger partial charge in [0.25, 0.3) is 5.91 Å². The topological polar surface area (TPSA) is 32.7 Å². The number of aryl methyl sites for hydroxylation is 1. The van der Waals surface area contributed by atoms with Crippen molar-refractivity contribution in [3.8, 4) is 0 Å². The van der Waals surface area contributed by atoms with Gasteiger partial charge in [-0.15, -0.1) is 0 Å². The van der Waals surface area contributed by atoms with Gasteiger partial charge >= 0.3 is 0 Å². The fraction of sp³-hybridized carbons (Fsp3) is 0.0833. The Morgan fingerprint density at radius 3 is 2.34 bits per heavy atom. The molecule has 144 valence electrons. The van der Waals surface area contributed by atoms with Crippen molar-refractivity contribution in [3.63, 3.8) is 0 Å². The lowest BCUT2D eigenvalue weighted by atomic mass is 10.2. The summed E-state index contributed by atoms with van der Waals surface area (Å²) >= 11 is 7.37. The molecule has 29 heavy (non-hydrogen) atoms. The van der Waals surface area contributed by atoms with Crippen molar-refractivity contribution in [2.75, 3.05) is 0 Å². The third-order valence-corrected chi connectivity index (χ3v) is 5.76. The average Bonchev–Trinajstić information content (AvgIpc) is 3.01. The number of thioether (sulfide) groups is 1. The number of carbonyl (C=O) groups excluding carboxylic acids is 1. The van der Waals surface area contributed by atoms with Crippen LogP contribution in [0.25, 0.3) is 6.08 Å². The molecule has 1 fully saturated rings. The number of benzene rings is 3. The summed E-state index contributed by atoms with van der Waals surface area (Å²) < 4.78 is 0. The standard InChI is InChI=1S/C24H19ClN2OS/c1-17-7-13-21(14-8-17)26-24-27(16-19-5-3-2-4-6-19)23(28)22(29-24)15-18-9-11-20(25)12-10-18/h2-15H,16H2,1H3/b22-15+,26-24?. The van der Waals surface area contributed by atoms with E-state index in [4.69, 9.17) is 16.6 Å². The molecule has 1 amide bonds. The Balaban J connectivity index is 1.69.